The second kappa shape index (κ2) is 6.79. The quantitative estimate of drug-likeness (QED) is 0.813. The van der Waals surface area contributed by atoms with Crippen LogP contribution in [0.3, 0.4) is 0 Å². The summed E-state index contributed by atoms with van der Waals surface area (Å²) in [5.74, 6) is 0.838. The van der Waals surface area contributed by atoms with E-state index in [1.165, 1.54) is 36.9 Å². The number of benzene rings is 1. The first-order valence-electron chi connectivity index (χ1n) is 7.23. The lowest BCUT2D eigenvalue weighted by Crippen LogP contribution is -2.24. The predicted molar refractivity (Wildman–Crippen MR) is 76.8 cm³/mol. The molecule has 1 N–H and O–H groups in total. The monoisotopic (exact) mass is 247 g/mol. The highest BCUT2D eigenvalue weighted by Gasteiger charge is 2.21. The number of rotatable bonds is 6. The van der Waals surface area contributed by atoms with E-state index < -0.39 is 0 Å². The molecule has 1 unspecified atom stereocenters. The van der Waals surface area contributed by atoms with Crippen molar-refractivity contribution in [2.45, 2.75) is 52.2 Å². The summed E-state index contributed by atoms with van der Waals surface area (Å²) in [7, 11) is 0. The number of nitrogens with one attached hydrogen (secondary N) is 1. The molecule has 0 radical (unpaired) electrons. The molecule has 1 fully saturated rings. The van der Waals surface area contributed by atoms with Gasteiger partial charge >= 0.3 is 0 Å². The molecule has 0 aliphatic heterocycles. The molecule has 0 spiro atoms. The average Bonchev–Trinajstić information content (AvgIpc) is 2.91. The zero-order valence-electron chi connectivity index (χ0n) is 11.6. The summed E-state index contributed by atoms with van der Waals surface area (Å²) in [5.41, 5.74) is 2.51. The largest absolute Gasteiger partial charge is 0.382 e. The Labute approximate surface area is 111 Å². The minimum absolute atomic E-state index is 0.565. The van der Waals surface area contributed by atoms with Crippen LogP contribution in [0.5, 0.6) is 0 Å². The third-order valence-corrected chi connectivity index (χ3v) is 3.97. The Bertz CT molecular complexity index is 358. The van der Waals surface area contributed by atoms with Gasteiger partial charge in [0.25, 0.3) is 0 Å². The lowest BCUT2D eigenvalue weighted by molar-refractivity contribution is 0.134. The van der Waals surface area contributed by atoms with Crippen molar-refractivity contribution in [1.82, 2.24) is 0 Å². The van der Waals surface area contributed by atoms with Crippen molar-refractivity contribution in [2.24, 2.45) is 5.92 Å². The molecule has 18 heavy (non-hydrogen) atoms. The summed E-state index contributed by atoms with van der Waals surface area (Å²) in [6.07, 6.45) is 5.55. The highest BCUT2D eigenvalue weighted by Crippen LogP contribution is 2.30. The maximum Gasteiger partial charge on any atom is 0.0736 e. The molecular formula is C16H25NO. The Kier molecular flexibility index (Phi) is 5.06. The van der Waals surface area contributed by atoms with Crippen molar-refractivity contribution in [3.05, 3.63) is 29.8 Å². The number of ether oxygens (including phenoxy) is 1. The van der Waals surface area contributed by atoms with Crippen molar-refractivity contribution in [3.63, 3.8) is 0 Å². The van der Waals surface area contributed by atoms with E-state index in [2.05, 4.69) is 36.5 Å². The summed E-state index contributed by atoms with van der Waals surface area (Å²) in [4.78, 5) is 0. The van der Waals surface area contributed by atoms with E-state index in [0.29, 0.717) is 12.6 Å². The molecule has 1 aliphatic rings. The van der Waals surface area contributed by atoms with E-state index in [1.807, 2.05) is 6.92 Å². The van der Waals surface area contributed by atoms with E-state index in [1.54, 1.807) is 0 Å². The highest BCUT2D eigenvalue weighted by atomic mass is 16.5. The van der Waals surface area contributed by atoms with Gasteiger partial charge < -0.3 is 10.1 Å². The SMILES string of the molecule is CCOCc1ccccc1NC(C)C1CCCC1. The van der Waals surface area contributed by atoms with E-state index in [4.69, 9.17) is 4.74 Å². The van der Waals surface area contributed by atoms with Gasteiger partial charge in [-0.1, -0.05) is 31.0 Å². The van der Waals surface area contributed by atoms with Gasteiger partial charge in [-0.2, -0.15) is 0 Å². The van der Waals surface area contributed by atoms with Crippen LogP contribution in [0.1, 0.15) is 45.1 Å². The van der Waals surface area contributed by atoms with Crippen LogP contribution >= 0.6 is 0 Å². The molecule has 2 rings (SSSR count). The zero-order chi connectivity index (χ0) is 12.8. The van der Waals surface area contributed by atoms with E-state index in [0.717, 1.165) is 12.5 Å². The lowest BCUT2D eigenvalue weighted by atomic mass is 9.99. The predicted octanol–water partition coefficient (Wildman–Crippen LogP) is 4.21. The maximum atomic E-state index is 5.53. The van der Waals surface area contributed by atoms with Gasteiger partial charge in [0.2, 0.25) is 0 Å². The second-order valence-electron chi connectivity index (χ2n) is 5.27. The smallest absolute Gasteiger partial charge is 0.0736 e. The Morgan fingerprint density at radius 2 is 2.00 bits per heavy atom. The van der Waals surface area contributed by atoms with Crippen molar-refractivity contribution in [2.75, 3.05) is 11.9 Å². The number of para-hydroxylation sites is 1. The van der Waals surface area contributed by atoms with Crippen LogP contribution in [0.4, 0.5) is 5.69 Å². The minimum Gasteiger partial charge on any atom is -0.382 e. The molecule has 0 saturated heterocycles. The van der Waals surface area contributed by atoms with Crippen molar-refractivity contribution < 1.29 is 4.74 Å². The molecule has 2 nitrogen and oxygen atoms in total. The number of anilines is 1. The molecule has 2 heteroatoms. The molecule has 0 heterocycles. The van der Waals surface area contributed by atoms with Crippen LogP contribution < -0.4 is 5.32 Å². The summed E-state index contributed by atoms with van der Waals surface area (Å²) in [6.45, 7) is 5.83. The van der Waals surface area contributed by atoms with E-state index in [9.17, 15) is 0 Å². The molecule has 1 aromatic rings. The summed E-state index contributed by atoms with van der Waals surface area (Å²) >= 11 is 0. The van der Waals surface area contributed by atoms with Crippen LogP contribution in [-0.2, 0) is 11.3 Å². The maximum absolute atomic E-state index is 5.53. The van der Waals surface area contributed by atoms with Crippen molar-refractivity contribution in [3.8, 4) is 0 Å². The van der Waals surface area contributed by atoms with Crippen LogP contribution in [0.15, 0.2) is 24.3 Å². The van der Waals surface area contributed by atoms with Crippen molar-refractivity contribution >= 4 is 5.69 Å². The van der Waals surface area contributed by atoms with Gasteiger partial charge in [-0.05, 0) is 38.7 Å². The van der Waals surface area contributed by atoms with Gasteiger partial charge in [-0.15, -0.1) is 0 Å². The first-order valence-corrected chi connectivity index (χ1v) is 7.23. The van der Waals surface area contributed by atoms with Gasteiger partial charge in [-0.25, -0.2) is 0 Å². The molecule has 1 atom stereocenters. The number of hydrogen-bond donors (Lipinski definition) is 1. The molecule has 1 aromatic carbocycles. The molecule has 1 aliphatic carbocycles. The summed E-state index contributed by atoms with van der Waals surface area (Å²) in [5, 5.41) is 3.68. The minimum atomic E-state index is 0.565. The van der Waals surface area contributed by atoms with Gasteiger partial charge in [0.1, 0.15) is 0 Å². The van der Waals surface area contributed by atoms with E-state index in [-0.39, 0.29) is 0 Å². The third-order valence-electron chi connectivity index (χ3n) is 3.97. The second-order valence-corrected chi connectivity index (χ2v) is 5.27. The van der Waals surface area contributed by atoms with Crippen LogP contribution in [0.25, 0.3) is 0 Å². The van der Waals surface area contributed by atoms with Crippen LogP contribution in [0, 0.1) is 5.92 Å². The van der Waals surface area contributed by atoms with Crippen LogP contribution in [0.2, 0.25) is 0 Å². The van der Waals surface area contributed by atoms with Crippen molar-refractivity contribution in [1.29, 1.82) is 0 Å². The Morgan fingerprint density at radius 3 is 2.72 bits per heavy atom. The molecule has 0 aromatic heterocycles. The van der Waals surface area contributed by atoms with E-state index >= 15 is 0 Å². The Balaban J connectivity index is 1.98. The lowest BCUT2D eigenvalue weighted by Gasteiger charge is -2.23. The van der Waals surface area contributed by atoms with Crippen LogP contribution in [-0.4, -0.2) is 12.6 Å². The Hall–Kier alpha value is -1.02. The highest BCUT2D eigenvalue weighted by molar-refractivity contribution is 5.51. The summed E-state index contributed by atoms with van der Waals surface area (Å²) in [6, 6.07) is 9.06. The normalized spacial score (nSPS) is 17.9. The molecular weight excluding hydrogens is 222 g/mol. The molecule has 0 amide bonds. The van der Waals surface area contributed by atoms with Gasteiger partial charge in [-0.3, -0.25) is 0 Å². The number of hydrogen-bond acceptors (Lipinski definition) is 2. The third kappa shape index (κ3) is 3.49. The topological polar surface area (TPSA) is 21.3 Å². The van der Waals surface area contributed by atoms with Gasteiger partial charge in [0, 0.05) is 23.9 Å². The first kappa shape index (κ1) is 13.4. The average molecular weight is 247 g/mol. The van der Waals surface area contributed by atoms with Gasteiger partial charge in [0.15, 0.2) is 0 Å². The Morgan fingerprint density at radius 1 is 1.28 bits per heavy atom. The fraction of sp³-hybridized carbons (Fsp3) is 0.625. The summed E-state index contributed by atoms with van der Waals surface area (Å²) < 4.78 is 5.53. The first-order chi connectivity index (χ1) is 8.81. The van der Waals surface area contributed by atoms with Gasteiger partial charge in [0.05, 0.1) is 6.61 Å². The zero-order valence-corrected chi connectivity index (χ0v) is 11.6. The standard InChI is InChI=1S/C16H25NO/c1-3-18-12-15-10-6-7-11-16(15)17-13(2)14-8-4-5-9-14/h6-7,10-11,13-14,17H,3-5,8-9,12H2,1-2H3. The fourth-order valence-electron chi connectivity index (χ4n) is 2.82. The molecule has 0 bridgehead atoms. The molecule has 1 saturated carbocycles. The fourth-order valence-corrected chi connectivity index (χ4v) is 2.82. The molecule has 100 valence electrons.